The van der Waals surface area contributed by atoms with Crippen molar-refractivity contribution in [1.29, 1.82) is 0 Å². The summed E-state index contributed by atoms with van der Waals surface area (Å²) >= 11 is 6.11. The van der Waals surface area contributed by atoms with Gasteiger partial charge < -0.3 is 5.32 Å². The van der Waals surface area contributed by atoms with Crippen LogP contribution in [0.25, 0.3) is 0 Å². The molecule has 160 valence electrons. The molecule has 11 heteroatoms. The molecular weight excluding hydrogens is 426 g/mol. The average molecular weight is 444 g/mol. The first-order valence-corrected chi connectivity index (χ1v) is 9.31. The Balaban J connectivity index is 1.67. The number of hydrogen-bond acceptors (Lipinski definition) is 3. The van der Waals surface area contributed by atoms with E-state index in [4.69, 9.17) is 11.6 Å². The van der Waals surface area contributed by atoms with Gasteiger partial charge in [0.2, 0.25) is 5.91 Å². The smallest absolute Gasteiger partial charge is 0.229 e. The van der Waals surface area contributed by atoms with Crippen LogP contribution in [0.2, 0.25) is 5.02 Å². The number of nitrogens with zero attached hydrogens (tertiary/aromatic N) is 4. The molecule has 0 saturated heterocycles. The lowest BCUT2D eigenvalue weighted by Crippen LogP contribution is -2.25. The molecule has 0 aliphatic carbocycles. The number of hydrogen-bond donors (Lipinski definition) is 1. The van der Waals surface area contributed by atoms with Gasteiger partial charge >= 0.3 is 0 Å². The molecule has 1 N–H and O–H groups in total. The van der Waals surface area contributed by atoms with Crippen molar-refractivity contribution in [1.82, 2.24) is 19.6 Å². The zero-order valence-corrected chi connectivity index (χ0v) is 17.1. The van der Waals surface area contributed by atoms with E-state index in [1.807, 2.05) is 0 Å². The fourth-order valence-electron chi connectivity index (χ4n) is 2.89. The highest BCUT2D eigenvalue weighted by molar-refractivity contribution is 6.31. The zero-order chi connectivity index (χ0) is 22.2. The summed E-state index contributed by atoms with van der Waals surface area (Å²) in [6, 6.07) is 0.271. The molecule has 1 aromatic carbocycles. The number of anilines is 1. The number of benzene rings is 1. The van der Waals surface area contributed by atoms with Crippen LogP contribution in [0.5, 0.6) is 0 Å². The second-order valence-corrected chi connectivity index (χ2v) is 7.31. The van der Waals surface area contributed by atoms with E-state index in [0.717, 1.165) is 10.4 Å². The van der Waals surface area contributed by atoms with Crippen molar-refractivity contribution in [3.8, 4) is 0 Å². The number of rotatable bonds is 6. The van der Waals surface area contributed by atoms with Crippen molar-refractivity contribution in [2.45, 2.75) is 33.9 Å². The molecule has 3 aromatic rings. The van der Waals surface area contributed by atoms with E-state index in [-0.39, 0.29) is 17.7 Å². The molecule has 0 aliphatic rings. The summed E-state index contributed by atoms with van der Waals surface area (Å²) < 4.78 is 56.8. The van der Waals surface area contributed by atoms with Crippen molar-refractivity contribution >= 4 is 23.2 Å². The summed E-state index contributed by atoms with van der Waals surface area (Å²) in [5, 5.41) is 11.4. The summed E-state index contributed by atoms with van der Waals surface area (Å²) in [4.78, 5) is 12.4. The number of aromatic nitrogens is 4. The maximum Gasteiger partial charge on any atom is 0.229 e. The van der Waals surface area contributed by atoms with Crippen LogP contribution < -0.4 is 5.32 Å². The minimum atomic E-state index is -1.76. The van der Waals surface area contributed by atoms with Crippen molar-refractivity contribution in [3.63, 3.8) is 0 Å². The molecule has 1 atom stereocenters. The van der Waals surface area contributed by atoms with Crippen molar-refractivity contribution < 1.29 is 22.4 Å². The molecule has 1 amide bonds. The van der Waals surface area contributed by atoms with Crippen LogP contribution in [0.3, 0.4) is 0 Å². The number of halogens is 5. The summed E-state index contributed by atoms with van der Waals surface area (Å²) in [6.07, 6.45) is 2.60. The predicted octanol–water partition coefficient (Wildman–Crippen LogP) is 4.23. The Kier molecular flexibility index (Phi) is 6.16. The predicted molar refractivity (Wildman–Crippen MR) is 102 cm³/mol. The van der Waals surface area contributed by atoms with Crippen LogP contribution in [0, 0.1) is 43.0 Å². The van der Waals surface area contributed by atoms with Gasteiger partial charge in [0.05, 0.1) is 47.3 Å². The molecule has 30 heavy (non-hydrogen) atoms. The van der Waals surface area contributed by atoms with Crippen LogP contribution in [0.1, 0.15) is 23.9 Å². The molecule has 0 spiro atoms. The third-order valence-electron chi connectivity index (χ3n) is 4.62. The molecule has 3 rings (SSSR count). The average Bonchev–Trinajstić information content (AvgIpc) is 3.23. The number of nitrogens with one attached hydrogen (secondary N) is 1. The minimum absolute atomic E-state index is 0.271. The highest BCUT2D eigenvalue weighted by atomic mass is 35.5. The Labute approximate surface area is 174 Å². The van der Waals surface area contributed by atoms with E-state index in [9.17, 15) is 22.4 Å². The quantitative estimate of drug-likeness (QED) is 0.352. The highest BCUT2D eigenvalue weighted by Gasteiger charge is 2.21. The van der Waals surface area contributed by atoms with Gasteiger partial charge in [0, 0.05) is 17.8 Å². The zero-order valence-electron chi connectivity index (χ0n) is 16.3. The van der Waals surface area contributed by atoms with Gasteiger partial charge in [-0.1, -0.05) is 18.5 Å². The molecule has 0 aliphatic heterocycles. The topological polar surface area (TPSA) is 64.7 Å². The highest BCUT2D eigenvalue weighted by Crippen LogP contribution is 2.22. The van der Waals surface area contributed by atoms with Crippen molar-refractivity contribution in [2.75, 3.05) is 5.32 Å². The Morgan fingerprint density at radius 3 is 2.53 bits per heavy atom. The van der Waals surface area contributed by atoms with E-state index in [0.29, 0.717) is 17.3 Å². The standard InChI is InChI=1S/C19H18ClF4N5O/c1-9(6-29-11(3)16(20)10(2)27-29)19(30)26-12-5-25-28(7-12)8-13-14(21)4-15(22)18(24)17(13)23/h4-5,7,9H,6,8H2,1-3H3,(H,26,30). The second-order valence-electron chi connectivity index (χ2n) is 6.93. The van der Waals surface area contributed by atoms with Gasteiger partial charge in [-0.3, -0.25) is 14.2 Å². The van der Waals surface area contributed by atoms with E-state index in [2.05, 4.69) is 15.5 Å². The largest absolute Gasteiger partial charge is 0.323 e. The Morgan fingerprint density at radius 2 is 1.90 bits per heavy atom. The molecule has 0 radical (unpaired) electrons. The van der Waals surface area contributed by atoms with Gasteiger partial charge in [0.25, 0.3) is 0 Å². The van der Waals surface area contributed by atoms with Crippen molar-refractivity contribution in [3.05, 3.63) is 63.7 Å². The van der Waals surface area contributed by atoms with Gasteiger partial charge in [0.1, 0.15) is 5.82 Å². The number of carbonyl (C=O) groups is 1. The van der Waals surface area contributed by atoms with E-state index in [1.54, 1.807) is 25.5 Å². The fraction of sp³-hybridized carbons (Fsp3) is 0.316. The second kappa shape index (κ2) is 8.47. The van der Waals surface area contributed by atoms with Crippen LogP contribution in [-0.4, -0.2) is 25.5 Å². The number of aryl methyl sites for hydroxylation is 1. The Morgan fingerprint density at radius 1 is 1.20 bits per heavy atom. The maximum absolute atomic E-state index is 13.8. The Hall–Kier alpha value is -2.88. The summed E-state index contributed by atoms with van der Waals surface area (Å²) in [6.45, 7) is 5.09. The minimum Gasteiger partial charge on any atom is -0.323 e. The van der Waals surface area contributed by atoms with Crippen LogP contribution in [0.15, 0.2) is 18.5 Å². The van der Waals surface area contributed by atoms with E-state index < -0.39 is 41.3 Å². The lowest BCUT2D eigenvalue weighted by Gasteiger charge is -2.12. The van der Waals surface area contributed by atoms with E-state index >= 15 is 0 Å². The first kappa shape index (κ1) is 21.8. The Bertz CT molecular complexity index is 1110. The summed E-state index contributed by atoms with van der Waals surface area (Å²) in [7, 11) is 0. The number of amides is 1. The third-order valence-corrected chi connectivity index (χ3v) is 5.16. The summed E-state index contributed by atoms with van der Waals surface area (Å²) in [5.74, 6) is -7.02. The normalized spacial score (nSPS) is 12.3. The maximum atomic E-state index is 13.8. The molecule has 6 nitrogen and oxygen atoms in total. The van der Waals surface area contributed by atoms with E-state index in [1.165, 1.54) is 12.4 Å². The first-order valence-electron chi connectivity index (χ1n) is 8.93. The van der Waals surface area contributed by atoms with Crippen LogP contribution >= 0.6 is 11.6 Å². The molecular formula is C19H18ClF4N5O. The molecule has 0 saturated carbocycles. The van der Waals surface area contributed by atoms with Crippen LogP contribution in [0.4, 0.5) is 23.2 Å². The SMILES string of the molecule is Cc1nn(CC(C)C(=O)Nc2cnn(Cc3c(F)cc(F)c(F)c3F)c2)c(C)c1Cl. The first-order chi connectivity index (χ1) is 14.1. The van der Waals surface area contributed by atoms with Gasteiger partial charge in [-0.05, 0) is 13.8 Å². The molecule has 0 bridgehead atoms. The van der Waals surface area contributed by atoms with Gasteiger partial charge in [0.15, 0.2) is 17.5 Å². The number of carbonyl (C=O) groups excluding carboxylic acids is 1. The monoisotopic (exact) mass is 443 g/mol. The lowest BCUT2D eigenvalue weighted by atomic mass is 10.1. The third kappa shape index (κ3) is 4.33. The molecule has 2 aromatic heterocycles. The molecule has 1 unspecified atom stereocenters. The lowest BCUT2D eigenvalue weighted by molar-refractivity contribution is -0.119. The van der Waals surface area contributed by atoms with Crippen molar-refractivity contribution in [2.24, 2.45) is 5.92 Å². The summed E-state index contributed by atoms with van der Waals surface area (Å²) in [5.41, 5.74) is 1.02. The van der Waals surface area contributed by atoms with Gasteiger partial charge in [-0.2, -0.15) is 10.2 Å². The molecule has 0 fully saturated rings. The fourth-order valence-corrected chi connectivity index (χ4v) is 3.02. The molecule has 2 heterocycles. The van der Waals surface area contributed by atoms with Gasteiger partial charge in [-0.25, -0.2) is 17.6 Å². The van der Waals surface area contributed by atoms with Gasteiger partial charge in [-0.15, -0.1) is 0 Å². The van der Waals surface area contributed by atoms with Crippen LogP contribution in [-0.2, 0) is 17.9 Å².